The Labute approximate surface area is 341 Å². The molecule has 0 saturated heterocycles. The molecule has 0 aliphatic heterocycles. The van der Waals surface area contributed by atoms with E-state index in [0.717, 1.165) is 16.7 Å². The molecule has 314 valence electrons. The minimum atomic E-state index is -1.22. The summed E-state index contributed by atoms with van der Waals surface area (Å²) in [6.45, 7) is 11.9. The Morgan fingerprint density at radius 2 is 1.12 bits per heavy atom. The Hall–Kier alpha value is -5.76. The third kappa shape index (κ3) is 16.0. The molecule has 0 radical (unpaired) electrons. The third-order valence-electron chi connectivity index (χ3n) is 9.45. The number of hydrogen-bond acceptors (Lipinski definition) is 9. The SMILES string of the molecule is CC(=O)C(NC(=O)[C@@H](NC(=O)CCC(O)C(Cc1ccc(OCc2ccccc2)cc1)NC(=O)[C@H](C)NC(=O)[C@H](C)NC(=O)OCc1ccccc1)C(C)C)C(C)C. The number of aliphatic hydroxyl groups excluding tert-OH is 1. The lowest BCUT2D eigenvalue weighted by Crippen LogP contribution is -2.55. The van der Waals surface area contributed by atoms with E-state index in [9.17, 15) is 33.9 Å². The molecular weight excluding hydrogens is 743 g/mol. The number of aliphatic hydroxyl groups is 1. The van der Waals surface area contributed by atoms with E-state index in [2.05, 4.69) is 26.6 Å². The molecule has 3 unspecified atom stereocenters. The van der Waals surface area contributed by atoms with Crippen LogP contribution >= 0.6 is 0 Å². The zero-order chi connectivity index (χ0) is 42.8. The van der Waals surface area contributed by atoms with Crippen molar-refractivity contribution >= 4 is 35.5 Å². The summed E-state index contributed by atoms with van der Waals surface area (Å²) in [5.74, 6) is -2.22. The predicted molar refractivity (Wildman–Crippen MR) is 219 cm³/mol. The summed E-state index contributed by atoms with van der Waals surface area (Å²) in [6, 6.07) is 21.3. The lowest BCUT2D eigenvalue weighted by atomic mass is 9.96. The van der Waals surface area contributed by atoms with Crippen molar-refractivity contribution in [1.82, 2.24) is 26.6 Å². The molecule has 0 spiro atoms. The van der Waals surface area contributed by atoms with E-state index in [-0.39, 0.29) is 43.5 Å². The first-order valence-corrected chi connectivity index (χ1v) is 19.7. The molecule has 0 aliphatic carbocycles. The Morgan fingerprint density at radius 3 is 1.67 bits per heavy atom. The van der Waals surface area contributed by atoms with E-state index in [1.165, 1.54) is 20.8 Å². The second kappa shape index (κ2) is 23.5. The Balaban J connectivity index is 1.65. The number of carbonyl (C=O) groups excluding carboxylic acids is 6. The minimum absolute atomic E-state index is 0.0160. The maximum absolute atomic E-state index is 13.5. The van der Waals surface area contributed by atoms with Crippen LogP contribution in [0.15, 0.2) is 84.9 Å². The zero-order valence-electron chi connectivity index (χ0n) is 34.5. The average molecular weight is 802 g/mol. The van der Waals surface area contributed by atoms with Crippen molar-refractivity contribution in [2.75, 3.05) is 0 Å². The Kier molecular flexibility index (Phi) is 18.9. The van der Waals surface area contributed by atoms with Gasteiger partial charge in [0.15, 0.2) is 5.78 Å². The first-order chi connectivity index (χ1) is 27.5. The molecule has 14 heteroatoms. The summed E-state index contributed by atoms with van der Waals surface area (Å²) in [5, 5.41) is 24.7. The van der Waals surface area contributed by atoms with Crippen LogP contribution < -0.4 is 31.3 Å². The normalized spacial score (nSPS) is 14.2. The van der Waals surface area contributed by atoms with Crippen molar-refractivity contribution in [3.8, 4) is 5.75 Å². The number of nitrogens with one attached hydrogen (secondary N) is 5. The molecule has 6 N–H and O–H groups in total. The highest BCUT2D eigenvalue weighted by molar-refractivity contribution is 5.92. The summed E-state index contributed by atoms with van der Waals surface area (Å²) in [7, 11) is 0. The number of amides is 5. The number of hydrogen-bond donors (Lipinski definition) is 6. The standard InChI is InChI=1S/C44H59N5O9/c1-27(2)39(31(7)50)49-43(55)40(28(3)4)48-38(52)23-22-37(51)36(24-32-18-20-35(21-19-32)57-25-33-14-10-8-11-15-33)47-42(54)29(5)45-41(53)30(6)46-44(56)58-26-34-16-12-9-13-17-34/h8-21,27-30,36-37,39-40,51H,22-26H2,1-7H3,(H,45,53)(H,46,56)(H,47,54)(H,48,52)(H,49,55)/t29-,30-,36?,37?,39?,40-/m0/s1. The van der Waals surface area contributed by atoms with Crippen molar-refractivity contribution < 1.29 is 43.3 Å². The van der Waals surface area contributed by atoms with Gasteiger partial charge in [-0.05, 0) is 74.3 Å². The van der Waals surface area contributed by atoms with Gasteiger partial charge >= 0.3 is 6.09 Å². The van der Waals surface area contributed by atoms with Crippen LogP contribution in [0.1, 0.15) is 78.0 Å². The lowest BCUT2D eigenvalue weighted by molar-refractivity contribution is -0.133. The van der Waals surface area contributed by atoms with Gasteiger partial charge in [0, 0.05) is 6.42 Å². The second-order valence-electron chi connectivity index (χ2n) is 15.1. The lowest BCUT2D eigenvalue weighted by Gasteiger charge is -2.28. The number of benzene rings is 3. The molecule has 3 rings (SSSR count). The van der Waals surface area contributed by atoms with E-state index >= 15 is 0 Å². The number of alkyl carbamates (subject to hydrolysis) is 1. The monoisotopic (exact) mass is 801 g/mol. The van der Waals surface area contributed by atoms with Crippen LogP contribution in [0.2, 0.25) is 0 Å². The number of carbonyl (C=O) groups is 6. The molecule has 0 aromatic heterocycles. The van der Waals surface area contributed by atoms with Gasteiger partial charge in [-0.1, -0.05) is 100 Å². The second-order valence-corrected chi connectivity index (χ2v) is 15.1. The molecule has 0 heterocycles. The highest BCUT2D eigenvalue weighted by Crippen LogP contribution is 2.18. The molecule has 3 aromatic rings. The van der Waals surface area contributed by atoms with Crippen LogP contribution in [0.25, 0.3) is 0 Å². The molecule has 0 fully saturated rings. The maximum Gasteiger partial charge on any atom is 0.408 e. The van der Waals surface area contributed by atoms with E-state index in [0.29, 0.717) is 12.4 Å². The van der Waals surface area contributed by atoms with Gasteiger partial charge in [0.1, 0.15) is 37.1 Å². The van der Waals surface area contributed by atoms with Gasteiger partial charge in [-0.15, -0.1) is 0 Å². The molecule has 3 aromatic carbocycles. The topological polar surface area (TPSA) is 201 Å². The Bertz CT molecular complexity index is 1790. The maximum atomic E-state index is 13.5. The summed E-state index contributed by atoms with van der Waals surface area (Å²) in [5.41, 5.74) is 2.54. The summed E-state index contributed by atoms with van der Waals surface area (Å²) < 4.78 is 11.1. The van der Waals surface area contributed by atoms with Gasteiger partial charge in [-0.2, -0.15) is 0 Å². The Morgan fingerprint density at radius 1 is 0.586 bits per heavy atom. The van der Waals surface area contributed by atoms with Gasteiger partial charge in [0.25, 0.3) is 0 Å². The van der Waals surface area contributed by atoms with Crippen LogP contribution in [-0.2, 0) is 48.3 Å². The van der Waals surface area contributed by atoms with Crippen LogP contribution in [0.3, 0.4) is 0 Å². The molecular formula is C44H59N5O9. The molecule has 6 atom stereocenters. The fourth-order valence-corrected chi connectivity index (χ4v) is 5.96. The van der Waals surface area contributed by atoms with Crippen molar-refractivity contribution in [2.24, 2.45) is 11.8 Å². The van der Waals surface area contributed by atoms with Crippen LogP contribution in [0.5, 0.6) is 5.75 Å². The van der Waals surface area contributed by atoms with Gasteiger partial charge in [-0.3, -0.25) is 24.0 Å². The average Bonchev–Trinajstić information content (AvgIpc) is 3.19. The first kappa shape index (κ1) is 46.6. The van der Waals surface area contributed by atoms with Gasteiger partial charge in [0.2, 0.25) is 23.6 Å². The predicted octanol–water partition coefficient (Wildman–Crippen LogP) is 4.12. The first-order valence-electron chi connectivity index (χ1n) is 19.7. The summed E-state index contributed by atoms with van der Waals surface area (Å²) in [4.78, 5) is 77.1. The molecule has 14 nitrogen and oxygen atoms in total. The largest absolute Gasteiger partial charge is 0.489 e. The van der Waals surface area contributed by atoms with Crippen LogP contribution in [0.4, 0.5) is 4.79 Å². The fourth-order valence-electron chi connectivity index (χ4n) is 5.96. The third-order valence-corrected chi connectivity index (χ3v) is 9.45. The number of rotatable bonds is 22. The fraction of sp³-hybridized carbons (Fsp3) is 0.455. The summed E-state index contributed by atoms with van der Waals surface area (Å²) in [6.07, 6.45) is -2.11. The van der Waals surface area contributed by atoms with E-state index in [4.69, 9.17) is 9.47 Å². The van der Waals surface area contributed by atoms with Crippen molar-refractivity contribution in [3.63, 3.8) is 0 Å². The van der Waals surface area contributed by atoms with Crippen LogP contribution in [-0.4, -0.2) is 76.9 Å². The van der Waals surface area contributed by atoms with E-state index in [1.54, 1.807) is 38.1 Å². The summed E-state index contributed by atoms with van der Waals surface area (Å²) >= 11 is 0. The zero-order valence-corrected chi connectivity index (χ0v) is 34.5. The number of ether oxygens (including phenoxy) is 2. The van der Waals surface area contributed by atoms with Crippen molar-refractivity contribution in [2.45, 2.75) is 117 Å². The van der Waals surface area contributed by atoms with Gasteiger partial charge < -0.3 is 41.2 Å². The van der Waals surface area contributed by atoms with Crippen LogP contribution in [0, 0.1) is 11.8 Å². The molecule has 58 heavy (non-hydrogen) atoms. The number of ketones is 1. The molecule has 0 bridgehead atoms. The van der Waals surface area contributed by atoms with Crippen molar-refractivity contribution in [1.29, 1.82) is 0 Å². The van der Waals surface area contributed by atoms with E-state index < -0.39 is 66.0 Å². The van der Waals surface area contributed by atoms with E-state index in [1.807, 2.05) is 74.5 Å². The van der Waals surface area contributed by atoms with Crippen molar-refractivity contribution in [3.05, 3.63) is 102 Å². The van der Waals surface area contributed by atoms with Gasteiger partial charge in [0.05, 0.1) is 18.2 Å². The van der Waals surface area contributed by atoms with Gasteiger partial charge in [-0.25, -0.2) is 4.79 Å². The quantitative estimate of drug-likeness (QED) is 0.0865. The highest BCUT2D eigenvalue weighted by Gasteiger charge is 2.30. The molecule has 0 saturated carbocycles. The molecule has 5 amide bonds. The molecule has 0 aliphatic rings. The minimum Gasteiger partial charge on any atom is -0.489 e. The number of Topliss-reactive ketones (excluding diaryl/α,β-unsaturated/α-hetero) is 1. The smallest absolute Gasteiger partial charge is 0.408 e. The highest BCUT2D eigenvalue weighted by atomic mass is 16.5.